The zero-order valence-corrected chi connectivity index (χ0v) is 13.5. The third-order valence-corrected chi connectivity index (χ3v) is 4.03. The van der Waals surface area contributed by atoms with Gasteiger partial charge >= 0.3 is 0 Å². The second kappa shape index (κ2) is 9.23. The van der Waals surface area contributed by atoms with E-state index in [1.54, 1.807) is 0 Å². The molecule has 0 aliphatic carbocycles. The van der Waals surface area contributed by atoms with Crippen molar-refractivity contribution >= 4 is 12.4 Å². The van der Waals surface area contributed by atoms with Crippen LogP contribution in [0.25, 0.3) is 0 Å². The van der Waals surface area contributed by atoms with E-state index in [0.29, 0.717) is 0 Å². The van der Waals surface area contributed by atoms with Gasteiger partial charge in [0, 0.05) is 32.2 Å². The molecule has 0 amide bonds. The molecular formula is C16H26ClFN2O. The predicted molar refractivity (Wildman–Crippen MR) is 86.6 cm³/mol. The Bertz CT molecular complexity index is 425. The molecule has 1 atom stereocenters. The Morgan fingerprint density at radius 1 is 1.29 bits per heavy atom. The van der Waals surface area contributed by atoms with Crippen molar-refractivity contribution in [1.29, 1.82) is 0 Å². The minimum atomic E-state index is -0.516. The molecule has 2 rings (SSSR count). The van der Waals surface area contributed by atoms with Crippen LogP contribution in [0.4, 0.5) is 4.39 Å². The molecule has 0 aromatic heterocycles. The molecule has 1 aromatic carbocycles. The zero-order chi connectivity index (χ0) is 14.4. The van der Waals surface area contributed by atoms with Gasteiger partial charge in [-0.15, -0.1) is 12.4 Å². The maximum Gasteiger partial charge on any atom is 0.165 e. The quantitative estimate of drug-likeness (QED) is 0.789. The van der Waals surface area contributed by atoms with E-state index in [1.165, 1.54) is 25.0 Å². The van der Waals surface area contributed by atoms with Gasteiger partial charge in [0.2, 0.25) is 0 Å². The highest BCUT2D eigenvalue weighted by Gasteiger charge is 2.22. The topological polar surface area (TPSA) is 35.5 Å². The number of piperazine rings is 1. The van der Waals surface area contributed by atoms with Crippen LogP contribution in [-0.4, -0.2) is 36.2 Å². The molecule has 0 unspecified atom stereocenters. The van der Waals surface area contributed by atoms with Crippen molar-refractivity contribution in [3.8, 4) is 5.75 Å². The van der Waals surface area contributed by atoms with Crippen LogP contribution in [0.2, 0.25) is 0 Å². The Morgan fingerprint density at radius 2 is 2.00 bits per heavy atom. The summed E-state index contributed by atoms with van der Waals surface area (Å²) < 4.78 is 13.6. The first-order valence-electron chi connectivity index (χ1n) is 7.65. The molecule has 5 heteroatoms. The van der Waals surface area contributed by atoms with Crippen molar-refractivity contribution in [3.63, 3.8) is 0 Å². The molecule has 21 heavy (non-hydrogen) atoms. The largest absolute Gasteiger partial charge is 0.505 e. The molecule has 1 aromatic rings. The fourth-order valence-electron chi connectivity index (χ4n) is 2.87. The van der Waals surface area contributed by atoms with E-state index in [0.717, 1.165) is 44.6 Å². The smallest absolute Gasteiger partial charge is 0.165 e. The minimum Gasteiger partial charge on any atom is -0.505 e. The summed E-state index contributed by atoms with van der Waals surface area (Å²) in [6, 6.07) is 5.09. The van der Waals surface area contributed by atoms with E-state index in [1.807, 2.05) is 6.07 Å². The molecule has 0 saturated carbocycles. The van der Waals surface area contributed by atoms with Crippen LogP contribution < -0.4 is 5.32 Å². The number of nitrogens with zero attached hydrogens (tertiary/aromatic N) is 1. The van der Waals surface area contributed by atoms with Crippen LogP contribution in [0.1, 0.15) is 44.2 Å². The minimum absolute atomic E-state index is 0. The lowest BCUT2D eigenvalue weighted by atomic mass is 9.98. The third kappa shape index (κ3) is 5.13. The Balaban J connectivity index is 0.00000220. The summed E-state index contributed by atoms with van der Waals surface area (Å²) >= 11 is 0. The number of halogens is 2. The summed E-state index contributed by atoms with van der Waals surface area (Å²) in [6.45, 7) is 6.17. The summed E-state index contributed by atoms with van der Waals surface area (Å²) in [5.41, 5.74) is 0.985. The van der Waals surface area contributed by atoms with Gasteiger partial charge < -0.3 is 10.4 Å². The van der Waals surface area contributed by atoms with Gasteiger partial charge in [-0.2, -0.15) is 0 Å². The Kier molecular flexibility index (Phi) is 8.01. The third-order valence-electron chi connectivity index (χ3n) is 4.03. The normalized spacial score (nSPS) is 17.2. The van der Waals surface area contributed by atoms with Crippen LogP contribution in [0.15, 0.2) is 18.2 Å². The van der Waals surface area contributed by atoms with E-state index in [9.17, 15) is 9.50 Å². The number of nitrogens with one attached hydrogen (secondary N) is 1. The molecular weight excluding hydrogens is 291 g/mol. The number of unbranched alkanes of at least 4 members (excludes halogenated alkanes) is 2. The highest BCUT2D eigenvalue weighted by molar-refractivity contribution is 5.85. The van der Waals surface area contributed by atoms with Gasteiger partial charge in [0.05, 0.1) is 0 Å². The Hall–Kier alpha value is -0.840. The number of aromatic hydroxyl groups is 1. The first kappa shape index (κ1) is 18.2. The summed E-state index contributed by atoms with van der Waals surface area (Å²) in [5, 5.41) is 12.7. The molecule has 2 N–H and O–H groups in total. The van der Waals surface area contributed by atoms with Gasteiger partial charge in [-0.3, -0.25) is 4.90 Å². The van der Waals surface area contributed by atoms with Crippen molar-refractivity contribution in [2.24, 2.45) is 0 Å². The molecule has 3 nitrogen and oxygen atoms in total. The van der Waals surface area contributed by atoms with Gasteiger partial charge in [0.1, 0.15) is 0 Å². The monoisotopic (exact) mass is 316 g/mol. The van der Waals surface area contributed by atoms with Gasteiger partial charge in [-0.05, 0) is 24.1 Å². The number of phenolic OH excluding ortho intramolecular Hbond substituents is 1. The molecule has 1 heterocycles. The van der Waals surface area contributed by atoms with Crippen molar-refractivity contribution in [3.05, 3.63) is 29.6 Å². The molecule has 0 radical (unpaired) electrons. The lowest BCUT2D eigenvalue weighted by molar-refractivity contribution is 0.162. The van der Waals surface area contributed by atoms with Crippen LogP contribution in [0.3, 0.4) is 0 Å². The van der Waals surface area contributed by atoms with Crippen LogP contribution in [0.5, 0.6) is 5.75 Å². The number of hydrogen-bond acceptors (Lipinski definition) is 3. The van der Waals surface area contributed by atoms with E-state index in [4.69, 9.17) is 0 Å². The fraction of sp³-hybridized carbons (Fsp3) is 0.625. The van der Waals surface area contributed by atoms with Gasteiger partial charge in [-0.25, -0.2) is 4.39 Å². The first-order chi connectivity index (χ1) is 9.72. The summed E-state index contributed by atoms with van der Waals surface area (Å²) in [7, 11) is 0. The maximum absolute atomic E-state index is 13.6. The van der Waals surface area contributed by atoms with E-state index < -0.39 is 5.82 Å². The standard InChI is InChI=1S/C16H25FN2O.ClH/c1-2-3-4-5-15(19-10-8-18-9-11-19)13-6-7-16(20)14(17)12-13;/h6-7,12,15,18,20H,2-5,8-11H2,1H3;1H/t15-;/m0./s1. The summed E-state index contributed by atoms with van der Waals surface area (Å²) in [6.07, 6.45) is 4.62. The average Bonchev–Trinajstić information content (AvgIpc) is 2.48. The van der Waals surface area contributed by atoms with E-state index in [-0.39, 0.29) is 24.2 Å². The van der Waals surface area contributed by atoms with Crippen LogP contribution >= 0.6 is 12.4 Å². The van der Waals surface area contributed by atoms with Gasteiger partial charge in [0.25, 0.3) is 0 Å². The second-order valence-corrected chi connectivity index (χ2v) is 5.51. The van der Waals surface area contributed by atoms with Crippen molar-refractivity contribution in [2.75, 3.05) is 26.2 Å². The van der Waals surface area contributed by atoms with Crippen LogP contribution in [0, 0.1) is 5.82 Å². The number of benzene rings is 1. The molecule has 1 fully saturated rings. The predicted octanol–water partition coefficient (Wildman–Crippen LogP) is 3.48. The lowest BCUT2D eigenvalue weighted by Gasteiger charge is -2.35. The molecule has 0 spiro atoms. The van der Waals surface area contributed by atoms with Gasteiger partial charge in [0.15, 0.2) is 11.6 Å². The number of hydrogen-bond donors (Lipinski definition) is 2. The zero-order valence-electron chi connectivity index (χ0n) is 12.6. The maximum atomic E-state index is 13.6. The molecule has 120 valence electrons. The second-order valence-electron chi connectivity index (χ2n) is 5.51. The average molecular weight is 317 g/mol. The van der Waals surface area contributed by atoms with Gasteiger partial charge in [-0.1, -0.05) is 32.3 Å². The SMILES string of the molecule is CCCCC[C@@H](c1ccc(O)c(F)c1)N1CCNCC1.Cl. The highest BCUT2D eigenvalue weighted by atomic mass is 35.5. The Labute approximate surface area is 132 Å². The summed E-state index contributed by atoms with van der Waals surface area (Å²) in [4.78, 5) is 2.43. The van der Waals surface area contributed by atoms with Crippen molar-refractivity contribution < 1.29 is 9.50 Å². The van der Waals surface area contributed by atoms with Crippen LogP contribution in [-0.2, 0) is 0 Å². The van der Waals surface area contributed by atoms with E-state index >= 15 is 0 Å². The molecule has 0 bridgehead atoms. The van der Waals surface area contributed by atoms with Crippen molar-refractivity contribution in [2.45, 2.75) is 38.6 Å². The fourth-order valence-corrected chi connectivity index (χ4v) is 2.87. The number of rotatable bonds is 6. The number of phenols is 1. The lowest BCUT2D eigenvalue weighted by Crippen LogP contribution is -2.45. The Morgan fingerprint density at radius 3 is 2.62 bits per heavy atom. The highest BCUT2D eigenvalue weighted by Crippen LogP contribution is 2.29. The first-order valence-corrected chi connectivity index (χ1v) is 7.65. The molecule has 1 aliphatic heterocycles. The summed E-state index contributed by atoms with van der Waals surface area (Å²) in [5.74, 6) is -0.778. The molecule has 1 aliphatic rings. The van der Waals surface area contributed by atoms with Crippen molar-refractivity contribution in [1.82, 2.24) is 10.2 Å². The molecule has 1 saturated heterocycles. The van der Waals surface area contributed by atoms with E-state index in [2.05, 4.69) is 17.1 Å².